The molecule has 0 bridgehead atoms. The number of ketones is 1. The van der Waals surface area contributed by atoms with E-state index in [1.165, 1.54) is 0 Å². The summed E-state index contributed by atoms with van der Waals surface area (Å²) < 4.78 is 5.39. The number of carbonyl (C=O) groups excluding carboxylic acids is 1. The average Bonchev–Trinajstić information content (AvgIpc) is 2.16. The third-order valence-electron chi connectivity index (χ3n) is 2.35. The number of ether oxygens (including phenoxy) is 1. The second-order valence-electron chi connectivity index (χ2n) is 3.45. The van der Waals surface area contributed by atoms with Crippen molar-refractivity contribution in [3.05, 3.63) is 35.9 Å². The van der Waals surface area contributed by atoms with E-state index in [1.807, 2.05) is 13.0 Å². The van der Waals surface area contributed by atoms with Crippen LogP contribution in [0.3, 0.4) is 0 Å². The number of fused-ring (bicyclic) bond motifs is 1. The molecule has 1 aliphatic heterocycles. The normalized spacial score (nSPS) is 20.3. The summed E-state index contributed by atoms with van der Waals surface area (Å²) in [7, 11) is 0. The lowest BCUT2D eigenvalue weighted by Gasteiger charge is -2.22. The highest BCUT2D eigenvalue weighted by molar-refractivity contribution is 6.00. The lowest BCUT2D eigenvalue weighted by molar-refractivity contribution is 0.0897. The Hall–Kier alpha value is -1.64. The van der Waals surface area contributed by atoms with Crippen molar-refractivity contribution in [3.63, 3.8) is 0 Å². The second kappa shape index (κ2) is 2.94. The number of aromatic nitrogens is 1. The zero-order chi connectivity index (χ0) is 10.3. The lowest BCUT2D eigenvalue weighted by Crippen LogP contribution is -2.24. The van der Waals surface area contributed by atoms with Gasteiger partial charge in [-0.3, -0.25) is 4.79 Å². The molecule has 0 saturated carbocycles. The number of allylic oxidation sites excluding steroid dienone is 1. The first-order valence-electron chi connectivity index (χ1n) is 4.48. The van der Waals surface area contributed by atoms with Gasteiger partial charge in [-0.15, -0.1) is 0 Å². The van der Waals surface area contributed by atoms with Crippen LogP contribution in [0.4, 0.5) is 0 Å². The number of Topliss-reactive ketones (excluding diaryl/α,β-unsaturated/α-hetero) is 1. The van der Waals surface area contributed by atoms with E-state index in [4.69, 9.17) is 4.74 Å². The molecule has 1 unspecified atom stereocenters. The van der Waals surface area contributed by atoms with Gasteiger partial charge in [0.2, 0.25) is 0 Å². The molecule has 72 valence electrons. The highest BCUT2D eigenvalue weighted by atomic mass is 16.5. The summed E-state index contributed by atoms with van der Waals surface area (Å²) in [6, 6.07) is 3.57. The van der Waals surface area contributed by atoms with E-state index in [9.17, 15) is 4.79 Å². The number of nitrogens with zero attached hydrogens (tertiary/aromatic N) is 1. The maximum absolute atomic E-state index is 11.8. The summed E-state index contributed by atoms with van der Waals surface area (Å²) in [6.45, 7) is 7.32. The van der Waals surface area contributed by atoms with Crippen LogP contribution in [0.15, 0.2) is 24.5 Å². The minimum atomic E-state index is -0.295. The summed E-state index contributed by atoms with van der Waals surface area (Å²) in [4.78, 5) is 15.9. The van der Waals surface area contributed by atoms with Crippen LogP contribution in [0, 0.1) is 12.8 Å². The van der Waals surface area contributed by atoms with Crippen molar-refractivity contribution in [3.8, 4) is 5.75 Å². The quantitative estimate of drug-likeness (QED) is 0.627. The van der Waals surface area contributed by atoms with Gasteiger partial charge in [-0.25, -0.2) is 4.98 Å². The Labute approximate surface area is 82.4 Å². The van der Waals surface area contributed by atoms with E-state index >= 15 is 0 Å². The molecule has 0 N–H and O–H groups in total. The fourth-order valence-corrected chi connectivity index (χ4v) is 1.38. The molecule has 0 amide bonds. The molecule has 1 aliphatic rings. The molecule has 0 aliphatic carbocycles. The first kappa shape index (κ1) is 8.94. The van der Waals surface area contributed by atoms with E-state index < -0.39 is 0 Å². The maximum Gasteiger partial charge on any atom is 0.195 e. The lowest BCUT2D eigenvalue weighted by atomic mass is 9.98. The monoisotopic (exact) mass is 189 g/mol. The molecule has 1 aromatic rings. The van der Waals surface area contributed by atoms with Crippen LogP contribution in [0.5, 0.6) is 5.75 Å². The molecule has 0 radical (unpaired) electrons. The molecule has 0 fully saturated rings. The first-order chi connectivity index (χ1) is 6.59. The molecule has 1 atom stereocenters. The summed E-state index contributed by atoms with van der Waals surface area (Å²) in [5.41, 5.74) is 1.24. The Kier molecular flexibility index (Phi) is 1.88. The molecule has 3 nitrogen and oxygen atoms in total. The topological polar surface area (TPSA) is 39.2 Å². The van der Waals surface area contributed by atoms with E-state index in [-0.39, 0.29) is 11.7 Å². The van der Waals surface area contributed by atoms with E-state index in [0.29, 0.717) is 17.2 Å². The van der Waals surface area contributed by atoms with Crippen LogP contribution in [0.25, 0.3) is 0 Å². The predicted molar refractivity (Wildman–Crippen MR) is 52.2 cm³/mol. The molecule has 0 spiro atoms. The standard InChI is InChI=1S/C11H11NO2/c1-6-4-5-9-10(12-6)11(13)7(2)8(3)14-9/h4-5,7H,3H2,1-2H3. The van der Waals surface area contributed by atoms with Crippen LogP contribution < -0.4 is 4.74 Å². The number of pyridine rings is 1. The van der Waals surface area contributed by atoms with Crippen LogP contribution >= 0.6 is 0 Å². The third kappa shape index (κ3) is 1.21. The van der Waals surface area contributed by atoms with Crippen LogP contribution in [0.1, 0.15) is 23.1 Å². The van der Waals surface area contributed by atoms with E-state index in [1.54, 1.807) is 13.0 Å². The Balaban J connectivity index is 2.57. The zero-order valence-corrected chi connectivity index (χ0v) is 8.20. The summed E-state index contributed by atoms with van der Waals surface area (Å²) in [5, 5.41) is 0. The van der Waals surface area contributed by atoms with Gasteiger partial charge in [-0.2, -0.15) is 0 Å². The predicted octanol–water partition coefficient (Wildman–Crippen LogP) is 2.11. The molecule has 3 heteroatoms. The van der Waals surface area contributed by atoms with E-state index in [0.717, 1.165) is 5.69 Å². The molecule has 14 heavy (non-hydrogen) atoms. The van der Waals surface area contributed by atoms with Crippen molar-refractivity contribution in [2.24, 2.45) is 5.92 Å². The van der Waals surface area contributed by atoms with Crippen molar-refractivity contribution in [1.29, 1.82) is 0 Å². The largest absolute Gasteiger partial charge is 0.459 e. The van der Waals surface area contributed by atoms with Crippen LogP contribution in [-0.2, 0) is 0 Å². The van der Waals surface area contributed by atoms with Gasteiger partial charge < -0.3 is 4.74 Å². The Morgan fingerprint density at radius 1 is 1.50 bits per heavy atom. The number of carbonyl (C=O) groups is 1. The number of aryl methyl sites for hydroxylation is 1. The number of rotatable bonds is 0. The number of hydrogen-bond donors (Lipinski definition) is 0. The van der Waals surface area contributed by atoms with Gasteiger partial charge in [0, 0.05) is 5.69 Å². The van der Waals surface area contributed by atoms with Gasteiger partial charge in [0.15, 0.2) is 11.5 Å². The summed E-state index contributed by atoms with van der Waals surface area (Å²) in [6.07, 6.45) is 0. The minimum Gasteiger partial charge on any atom is -0.459 e. The van der Waals surface area contributed by atoms with Crippen molar-refractivity contribution >= 4 is 5.78 Å². The molecular weight excluding hydrogens is 178 g/mol. The molecular formula is C11H11NO2. The molecule has 0 saturated heterocycles. The molecule has 1 aromatic heterocycles. The van der Waals surface area contributed by atoms with Gasteiger partial charge in [-0.1, -0.05) is 6.58 Å². The van der Waals surface area contributed by atoms with Gasteiger partial charge in [0.05, 0.1) is 5.92 Å². The Morgan fingerprint density at radius 3 is 2.93 bits per heavy atom. The van der Waals surface area contributed by atoms with Gasteiger partial charge >= 0.3 is 0 Å². The first-order valence-corrected chi connectivity index (χ1v) is 4.48. The molecule has 2 rings (SSSR count). The van der Waals surface area contributed by atoms with Gasteiger partial charge in [0.25, 0.3) is 0 Å². The Bertz CT molecular complexity index is 423. The fraction of sp³-hybridized carbons (Fsp3) is 0.273. The van der Waals surface area contributed by atoms with Crippen molar-refractivity contribution in [2.45, 2.75) is 13.8 Å². The number of hydrogen-bond acceptors (Lipinski definition) is 3. The van der Waals surface area contributed by atoms with Gasteiger partial charge in [0.1, 0.15) is 11.5 Å². The van der Waals surface area contributed by atoms with Crippen molar-refractivity contribution in [1.82, 2.24) is 4.98 Å². The van der Waals surface area contributed by atoms with Crippen LogP contribution in [0.2, 0.25) is 0 Å². The smallest absolute Gasteiger partial charge is 0.195 e. The molecule has 2 heterocycles. The zero-order valence-electron chi connectivity index (χ0n) is 8.20. The van der Waals surface area contributed by atoms with E-state index in [2.05, 4.69) is 11.6 Å². The fourth-order valence-electron chi connectivity index (χ4n) is 1.38. The third-order valence-corrected chi connectivity index (χ3v) is 2.35. The average molecular weight is 189 g/mol. The SMILES string of the molecule is C=C1Oc2ccc(C)nc2C(=O)C1C. The summed E-state index contributed by atoms with van der Waals surface area (Å²) in [5.74, 6) is 0.702. The second-order valence-corrected chi connectivity index (χ2v) is 3.45. The van der Waals surface area contributed by atoms with Gasteiger partial charge in [-0.05, 0) is 26.0 Å². The highest BCUT2D eigenvalue weighted by Crippen LogP contribution is 2.30. The minimum absolute atomic E-state index is 0.0139. The molecule has 0 aromatic carbocycles. The summed E-state index contributed by atoms with van der Waals surface area (Å²) >= 11 is 0. The maximum atomic E-state index is 11.8. The van der Waals surface area contributed by atoms with Crippen molar-refractivity contribution < 1.29 is 9.53 Å². The Morgan fingerprint density at radius 2 is 2.21 bits per heavy atom. The highest BCUT2D eigenvalue weighted by Gasteiger charge is 2.29. The van der Waals surface area contributed by atoms with Crippen molar-refractivity contribution in [2.75, 3.05) is 0 Å². The van der Waals surface area contributed by atoms with Crippen LogP contribution in [-0.4, -0.2) is 10.8 Å².